The number of pyridine rings is 2. The third kappa shape index (κ3) is 3.06. The highest BCUT2D eigenvalue weighted by Crippen LogP contribution is 2.33. The number of fused-ring (bicyclic) bond motifs is 4. The van der Waals surface area contributed by atoms with E-state index < -0.39 is 17.2 Å². The van der Waals surface area contributed by atoms with Gasteiger partial charge < -0.3 is 14.6 Å². The van der Waals surface area contributed by atoms with Gasteiger partial charge in [-0.15, -0.1) is 12.4 Å². The molecule has 27 heavy (non-hydrogen) atoms. The minimum Gasteiger partial charge on any atom is -0.477 e. The van der Waals surface area contributed by atoms with E-state index in [1.54, 1.807) is 4.57 Å². The Hall–Kier alpha value is -2.19. The molecule has 0 aromatic carbocycles. The Bertz CT molecular complexity index is 964. The maximum absolute atomic E-state index is 14.9. The van der Waals surface area contributed by atoms with Gasteiger partial charge in [-0.3, -0.25) is 9.69 Å². The van der Waals surface area contributed by atoms with E-state index in [-0.39, 0.29) is 35.2 Å². The van der Waals surface area contributed by atoms with E-state index in [4.69, 9.17) is 0 Å². The maximum atomic E-state index is 14.9. The Morgan fingerprint density at radius 1 is 1.33 bits per heavy atom. The summed E-state index contributed by atoms with van der Waals surface area (Å²) in [6, 6.07) is 1.72. The highest BCUT2D eigenvalue weighted by molar-refractivity contribution is 5.92. The predicted octanol–water partition coefficient (Wildman–Crippen LogP) is 1.96. The number of aryl methyl sites for hydroxylation is 1. The number of carboxylic acid groups (broad SMARTS) is 1. The summed E-state index contributed by atoms with van der Waals surface area (Å²) in [6.07, 6.45) is 3.37. The SMILES string of the molecule is CCn1cc(C(=O)O)c(=O)c2cc(F)c(N3CC4CCC3CN4C)nc21.Cl. The number of rotatable bonds is 3. The fourth-order valence-electron chi connectivity index (χ4n) is 4.17. The van der Waals surface area contributed by atoms with Crippen molar-refractivity contribution in [3.63, 3.8) is 0 Å². The van der Waals surface area contributed by atoms with Crippen LogP contribution in [0.5, 0.6) is 0 Å². The molecule has 0 amide bonds. The summed E-state index contributed by atoms with van der Waals surface area (Å²) >= 11 is 0. The first-order chi connectivity index (χ1) is 12.4. The fraction of sp³-hybridized carbons (Fsp3) is 0.500. The van der Waals surface area contributed by atoms with Gasteiger partial charge in [0.15, 0.2) is 11.6 Å². The van der Waals surface area contributed by atoms with E-state index in [9.17, 15) is 19.1 Å². The highest BCUT2D eigenvalue weighted by Gasteiger charge is 2.38. The van der Waals surface area contributed by atoms with Gasteiger partial charge in [-0.1, -0.05) is 0 Å². The van der Waals surface area contributed by atoms with Crippen molar-refractivity contribution in [2.75, 3.05) is 25.0 Å². The van der Waals surface area contributed by atoms with Gasteiger partial charge in [0.05, 0.1) is 5.39 Å². The summed E-state index contributed by atoms with van der Waals surface area (Å²) < 4.78 is 16.5. The van der Waals surface area contributed by atoms with Crippen LogP contribution in [0.1, 0.15) is 30.1 Å². The third-order valence-electron chi connectivity index (χ3n) is 5.63. The summed E-state index contributed by atoms with van der Waals surface area (Å²) in [5.74, 6) is -1.64. The number of aromatic carboxylic acids is 1. The second-order valence-corrected chi connectivity index (χ2v) is 7.10. The van der Waals surface area contributed by atoms with Crippen molar-refractivity contribution >= 4 is 35.2 Å². The molecule has 2 unspecified atom stereocenters. The molecule has 5 heterocycles. The Balaban J connectivity index is 0.00000210. The van der Waals surface area contributed by atoms with E-state index in [2.05, 4.69) is 16.9 Å². The Morgan fingerprint density at radius 3 is 2.59 bits per heavy atom. The number of aromatic nitrogens is 2. The van der Waals surface area contributed by atoms with Crippen molar-refractivity contribution in [1.29, 1.82) is 0 Å². The number of nitrogens with zero attached hydrogens (tertiary/aromatic N) is 4. The predicted molar refractivity (Wildman–Crippen MR) is 103 cm³/mol. The van der Waals surface area contributed by atoms with Gasteiger partial charge in [0, 0.05) is 37.9 Å². The second kappa shape index (κ2) is 7.09. The average Bonchev–Trinajstić information content (AvgIpc) is 2.62. The molecule has 7 nitrogen and oxygen atoms in total. The van der Waals surface area contributed by atoms with Crippen molar-refractivity contribution in [1.82, 2.24) is 14.5 Å². The number of anilines is 1. The zero-order chi connectivity index (χ0) is 18.6. The molecule has 1 N–H and O–H groups in total. The van der Waals surface area contributed by atoms with Crippen molar-refractivity contribution in [3.05, 3.63) is 33.9 Å². The van der Waals surface area contributed by atoms with E-state index >= 15 is 0 Å². The normalized spacial score (nSPS) is 22.1. The summed E-state index contributed by atoms with van der Waals surface area (Å²) in [7, 11) is 2.08. The largest absolute Gasteiger partial charge is 0.477 e. The van der Waals surface area contributed by atoms with Gasteiger partial charge in [0.25, 0.3) is 0 Å². The van der Waals surface area contributed by atoms with Crippen LogP contribution in [-0.2, 0) is 6.54 Å². The number of piperidine rings is 2. The lowest BCUT2D eigenvalue weighted by Gasteiger charge is -2.50. The molecule has 0 saturated carbocycles. The molecule has 0 spiro atoms. The molecule has 3 aliphatic heterocycles. The topological polar surface area (TPSA) is 78.7 Å². The maximum Gasteiger partial charge on any atom is 0.341 e. The molecule has 2 bridgehead atoms. The van der Waals surface area contributed by atoms with Crippen molar-refractivity contribution in [3.8, 4) is 0 Å². The summed E-state index contributed by atoms with van der Waals surface area (Å²) in [5.41, 5.74) is -0.740. The lowest BCUT2D eigenvalue weighted by atomic mass is 9.91. The molecule has 3 aliphatic rings. The minimum absolute atomic E-state index is 0. The number of carboxylic acids is 1. The smallest absolute Gasteiger partial charge is 0.341 e. The lowest BCUT2D eigenvalue weighted by molar-refractivity contribution is 0.0695. The molecule has 2 atom stereocenters. The fourth-order valence-corrected chi connectivity index (χ4v) is 4.17. The number of hydrogen-bond donors (Lipinski definition) is 1. The van der Waals surface area contributed by atoms with Gasteiger partial charge in [0.1, 0.15) is 11.2 Å². The van der Waals surface area contributed by atoms with Gasteiger partial charge in [-0.25, -0.2) is 14.2 Å². The number of piperazine rings is 1. The average molecular weight is 397 g/mol. The molecule has 2 aromatic heterocycles. The van der Waals surface area contributed by atoms with Gasteiger partial charge >= 0.3 is 5.97 Å². The zero-order valence-electron chi connectivity index (χ0n) is 15.2. The Morgan fingerprint density at radius 2 is 2.04 bits per heavy atom. The van der Waals surface area contributed by atoms with Gasteiger partial charge in [-0.2, -0.15) is 0 Å². The molecule has 3 saturated heterocycles. The third-order valence-corrected chi connectivity index (χ3v) is 5.63. The molecule has 0 aliphatic carbocycles. The molecule has 2 aromatic rings. The molecular formula is C18H22ClFN4O3. The van der Waals surface area contributed by atoms with Crippen LogP contribution < -0.4 is 10.3 Å². The summed E-state index contributed by atoms with van der Waals surface area (Å²) in [4.78, 5) is 32.5. The van der Waals surface area contributed by atoms with Crippen molar-refractivity contribution < 1.29 is 14.3 Å². The van der Waals surface area contributed by atoms with Crippen molar-refractivity contribution in [2.24, 2.45) is 0 Å². The quantitative estimate of drug-likeness (QED) is 0.854. The monoisotopic (exact) mass is 396 g/mol. The minimum atomic E-state index is -1.32. The van der Waals surface area contributed by atoms with Crippen LogP contribution in [0.2, 0.25) is 0 Å². The van der Waals surface area contributed by atoms with Crippen LogP contribution >= 0.6 is 12.4 Å². The van der Waals surface area contributed by atoms with Crippen LogP contribution in [0, 0.1) is 5.82 Å². The number of halogens is 2. The van der Waals surface area contributed by atoms with E-state index in [0.29, 0.717) is 24.8 Å². The molecule has 146 valence electrons. The summed E-state index contributed by atoms with van der Waals surface area (Å²) in [5, 5.41) is 9.24. The number of hydrogen-bond acceptors (Lipinski definition) is 5. The van der Waals surface area contributed by atoms with Crippen LogP contribution in [0.3, 0.4) is 0 Å². The zero-order valence-corrected chi connectivity index (χ0v) is 16.0. The van der Waals surface area contributed by atoms with Crippen molar-refractivity contribution in [2.45, 2.75) is 38.4 Å². The van der Waals surface area contributed by atoms with E-state index in [1.165, 1.54) is 6.20 Å². The van der Waals surface area contributed by atoms with Crippen LogP contribution in [0.15, 0.2) is 17.1 Å². The van der Waals surface area contributed by atoms with E-state index in [0.717, 1.165) is 25.5 Å². The molecule has 5 rings (SSSR count). The number of likely N-dealkylation sites (N-methyl/N-ethyl adjacent to an activating group) is 1. The van der Waals surface area contributed by atoms with Gasteiger partial charge in [0.2, 0.25) is 5.43 Å². The molecule has 3 fully saturated rings. The molecule has 9 heteroatoms. The Kier molecular flexibility index (Phi) is 5.14. The lowest BCUT2D eigenvalue weighted by Crippen LogP contribution is -2.61. The van der Waals surface area contributed by atoms with E-state index in [1.807, 2.05) is 11.8 Å². The second-order valence-electron chi connectivity index (χ2n) is 7.10. The first kappa shape index (κ1) is 19.6. The first-order valence-electron chi connectivity index (χ1n) is 8.84. The molecular weight excluding hydrogens is 375 g/mol. The standard InChI is InChI=1S/C18H21FN4O3.ClH/c1-3-22-9-13(18(25)26)15(24)12-6-14(19)17(20-16(12)22)23-8-10-4-5-11(23)7-21(10)2;/h6,9-11H,3-5,7-8H2,1-2H3,(H,25,26);1H. The van der Waals surface area contributed by atoms with Crippen LogP contribution in [-0.4, -0.2) is 57.7 Å². The van der Waals surface area contributed by atoms with Crippen LogP contribution in [0.4, 0.5) is 10.2 Å². The molecule has 0 radical (unpaired) electrons. The van der Waals surface area contributed by atoms with Crippen LogP contribution in [0.25, 0.3) is 11.0 Å². The Labute approximate surface area is 161 Å². The van der Waals surface area contributed by atoms with Gasteiger partial charge in [-0.05, 0) is 32.9 Å². The number of carbonyl (C=O) groups is 1. The highest BCUT2D eigenvalue weighted by atomic mass is 35.5. The first-order valence-corrected chi connectivity index (χ1v) is 8.84. The summed E-state index contributed by atoms with van der Waals surface area (Å²) in [6.45, 7) is 3.84.